The molecule has 0 aromatic heterocycles. The summed E-state index contributed by atoms with van der Waals surface area (Å²) in [5.41, 5.74) is 0. The molecule has 12 heavy (non-hydrogen) atoms. The van der Waals surface area contributed by atoms with Crippen molar-refractivity contribution < 1.29 is 19.1 Å². The Bertz CT molecular complexity index is 220. The van der Waals surface area contributed by atoms with Crippen LogP contribution in [0.3, 0.4) is 0 Å². The van der Waals surface area contributed by atoms with Crippen molar-refractivity contribution in [3.63, 3.8) is 0 Å². The van der Waals surface area contributed by atoms with E-state index in [1.807, 2.05) is 0 Å². The molecule has 2 amide bonds. The molecule has 0 saturated carbocycles. The molecule has 1 rings (SSSR count). The number of rotatable bonds is 2. The summed E-state index contributed by atoms with van der Waals surface area (Å²) in [6.07, 6.45) is 0.445. The molecule has 1 saturated heterocycles. The second kappa shape index (κ2) is 3.34. The van der Waals surface area contributed by atoms with Gasteiger partial charge in [-0.3, -0.25) is 14.4 Å². The zero-order valence-corrected chi connectivity index (χ0v) is 6.70. The second-order valence-electron chi connectivity index (χ2n) is 2.48. The quantitative estimate of drug-likeness (QED) is 0.421. The number of amides is 2. The van der Waals surface area contributed by atoms with Crippen molar-refractivity contribution in [2.24, 2.45) is 0 Å². The largest absolute Gasteiger partial charge is 0.444 e. The van der Waals surface area contributed by atoms with Crippen LogP contribution in [0.4, 0.5) is 0 Å². The fourth-order valence-electron chi connectivity index (χ4n) is 0.922. The van der Waals surface area contributed by atoms with E-state index in [1.54, 1.807) is 0 Å². The summed E-state index contributed by atoms with van der Waals surface area (Å²) >= 11 is 0. The summed E-state index contributed by atoms with van der Waals surface area (Å²) in [4.78, 5) is 33.1. The van der Waals surface area contributed by atoms with Gasteiger partial charge in [-0.1, -0.05) is 0 Å². The van der Waals surface area contributed by atoms with Gasteiger partial charge in [0.1, 0.15) is 0 Å². The van der Waals surface area contributed by atoms with Gasteiger partial charge in [0.05, 0.1) is 0 Å². The molecule has 0 aromatic rings. The molecule has 0 aliphatic carbocycles. The molecule has 0 N–H and O–H groups in total. The molecule has 1 aliphatic heterocycles. The third-order valence-corrected chi connectivity index (χ3v) is 1.55. The van der Waals surface area contributed by atoms with Crippen LogP contribution in [0.25, 0.3) is 0 Å². The average Bonchev–Trinajstić information content (AvgIpc) is 2.28. The molecule has 0 spiro atoms. The van der Waals surface area contributed by atoms with Gasteiger partial charge in [-0.15, -0.1) is 0 Å². The fourth-order valence-corrected chi connectivity index (χ4v) is 0.922. The van der Waals surface area contributed by atoms with Gasteiger partial charge in [0.15, 0.2) is 6.73 Å². The minimum atomic E-state index is -0.498. The summed E-state index contributed by atoms with van der Waals surface area (Å²) in [5, 5.41) is 0. The monoisotopic (exact) mass is 171 g/mol. The Morgan fingerprint density at radius 1 is 1.42 bits per heavy atom. The number of likely N-dealkylation sites (tertiary alicyclic amines) is 1. The Morgan fingerprint density at radius 2 is 1.92 bits per heavy atom. The SMILES string of the molecule is CC(=O)OCN1C(=O)CCC1=O. The first-order chi connectivity index (χ1) is 5.61. The number of nitrogens with zero attached hydrogens (tertiary/aromatic N) is 1. The molecular weight excluding hydrogens is 162 g/mol. The molecule has 0 unspecified atom stereocenters. The van der Waals surface area contributed by atoms with Gasteiger partial charge >= 0.3 is 5.97 Å². The van der Waals surface area contributed by atoms with Gasteiger partial charge in [0.2, 0.25) is 11.8 Å². The van der Waals surface area contributed by atoms with Gasteiger partial charge in [-0.05, 0) is 0 Å². The zero-order valence-electron chi connectivity index (χ0n) is 6.70. The number of carbonyl (C=O) groups is 3. The lowest BCUT2D eigenvalue weighted by Gasteiger charge is -2.12. The predicted octanol–water partition coefficient (Wildman–Crippen LogP) is -0.344. The van der Waals surface area contributed by atoms with Gasteiger partial charge in [-0.2, -0.15) is 0 Å². The van der Waals surface area contributed by atoms with Crippen LogP contribution < -0.4 is 0 Å². The molecular formula is C7H9NO4. The Morgan fingerprint density at radius 3 is 2.33 bits per heavy atom. The lowest BCUT2D eigenvalue weighted by molar-refractivity contribution is -0.153. The summed E-state index contributed by atoms with van der Waals surface area (Å²) in [6.45, 7) is 0.984. The van der Waals surface area contributed by atoms with Crippen LogP contribution in [0.2, 0.25) is 0 Å². The van der Waals surface area contributed by atoms with Crippen molar-refractivity contribution in [2.45, 2.75) is 19.8 Å². The van der Waals surface area contributed by atoms with Crippen LogP contribution in [0.5, 0.6) is 0 Å². The Labute approximate surface area is 69.3 Å². The van der Waals surface area contributed by atoms with Crippen molar-refractivity contribution in [1.82, 2.24) is 4.90 Å². The normalized spacial score (nSPS) is 16.9. The van der Waals surface area contributed by atoms with E-state index in [4.69, 9.17) is 0 Å². The van der Waals surface area contributed by atoms with Gasteiger partial charge in [0.25, 0.3) is 0 Å². The van der Waals surface area contributed by atoms with Crippen molar-refractivity contribution in [2.75, 3.05) is 6.73 Å². The highest BCUT2D eigenvalue weighted by Gasteiger charge is 2.29. The molecule has 0 radical (unpaired) electrons. The first kappa shape index (κ1) is 8.70. The third kappa shape index (κ3) is 1.81. The van der Waals surface area contributed by atoms with Crippen molar-refractivity contribution in [3.05, 3.63) is 0 Å². The van der Waals surface area contributed by atoms with E-state index in [0.717, 1.165) is 4.90 Å². The van der Waals surface area contributed by atoms with Gasteiger partial charge in [0, 0.05) is 19.8 Å². The minimum Gasteiger partial charge on any atom is -0.444 e. The van der Waals surface area contributed by atoms with Crippen LogP contribution in [0.15, 0.2) is 0 Å². The van der Waals surface area contributed by atoms with Crippen molar-refractivity contribution in [1.29, 1.82) is 0 Å². The third-order valence-electron chi connectivity index (χ3n) is 1.55. The standard InChI is InChI=1S/C7H9NO4/c1-5(9)12-4-8-6(10)2-3-7(8)11/h2-4H2,1H3. The number of hydrogen-bond acceptors (Lipinski definition) is 4. The molecule has 1 aliphatic rings. The molecule has 5 heteroatoms. The molecule has 0 aromatic carbocycles. The Hall–Kier alpha value is -1.39. The maximum atomic E-state index is 10.9. The minimum absolute atomic E-state index is 0.222. The van der Waals surface area contributed by atoms with E-state index < -0.39 is 5.97 Å². The fraction of sp³-hybridized carbons (Fsp3) is 0.571. The molecule has 0 atom stereocenters. The second-order valence-corrected chi connectivity index (χ2v) is 2.48. The summed E-state index contributed by atoms with van der Waals surface area (Å²) in [7, 11) is 0. The zero-order chi connectivity index (χ0) is 9.14. The van der Waals surface area contributed by atoms with E-state index in [1.165, 1.54) is 6.92 Å². The highest BCUT2D eigenvalue weighted by atomic mass is 16.5. The van der Waals surface area contributed by atoms with Crippen LogP contribution in [0, 0.1) is 0 Å². The summed E-state index contributed by atoms with van der Waals surface area (Å²) < 4.78 is 4.51. The number of carbonyl (C=O) groups excluding carboxylic acids is 3. The van der Waals surface area contributed by atoms with E-state index in [-0.39, 0.29) is 31.4 Å². The van der Waals surface area contributed by atoms with E-state index in [0.29, 0.717) is 0 Å². The lowest BCUT2D eigenvalue weighted by Crippen LogP contribution is -2.32. The average molecular weight is 171 g/mol. The number of esters is 1. The van der Waals surface area contributed by atoms with Crippen LogP contribution in [0.1, 0.15) is 19.8 Å². The Kier molecular flexibility index (Phi) is 2.42. The number of ether oxygens (including phenoxy) is 1. The first-order valence-corrected chi connectivity index (χ1v) is 3.58. The summed E-state index contributed by atoms with van der Waals surface area (Å²) in [5.74, 6) is -1.05. The van der Waals surface area contributed by atoms with Crippen LogP contribution in [-0.2, 0) is 19.1 Å². The van der Waals surface area contributed by atoms with Crippen molar-refractivity contribution in [3.8, 4) is 0 Å². The van der Waals surface area contributed by atoms with Crippen LogP contribution in [-0.4, -0.2) is 29.4 Å². The highest BCUT2D eigenvalue weighted by molar-refractivity contribution is 6.01. The molecule has 5 nitrogen and oxygen atoms in total. The van der Waals surface area contributed by atoms with E-state index in [9.17, 15) is 14.4 Å². The summed E-state index contributed by atoms with van der Waals surface area (Å²) in [6, 6.07) is 0. The number of hydrogen-bond donors (Lipinski definition) is 0. The molecule has 0 bridgehead atoms. The smallest absolute Gasteiger partial charge is 0.304 e. The van der Waals surface area contributed by atoms with E-state index >= 15 is 0 Å². The first-order valence-electron chi connectivity index (χ1n) is 3.58. The van der Waals surface area contributed by atoms with Crippen molar-refractivity contribution >= 4 is 17.8 Å². The van der Waals surface area contributed by atoms with Crippen LogP contribution >= 0.6 is 0 Å². The topological polar surface area (TPSA) is 63.7 Å². The van der Waals surface area contributed by atoms with E-state index in [2.05, 4.69) is 4.74 Å². The lowest BCUT2D eigenvalue weighted by atomic mass is 10.4. The molecule has 66 valence electrons. The van der Waals surface area contributed by atoms with Gasteiger partial charge in [-0.25, -0.2) is 4.90 Å². The number of imide groups is 1. The molecule has 1 fully saturated rings. The van der Waals surface area contributed by atoms with Gasteiger partial charge < -0.3 is 4.74 Å². The Balaban J connectivity index is 2.45. The molecule has 1 heterocycles. The maximum absolute atomic E-state index is 10.9. The highest BCUT2D eigenvalue weighted by Crippen LogP contribution is 2.10. The predicted molar refractivity (Wildman–Crippen MR) is 37.7 cm³/mol. The maximum Gasteiger partial charge on any atom is 0.304 e.